The molecule has 0 spiro atoms. The second kappa shape index (κ2) is 6.24. The smallest absolute Gasteiger partial charge is 0.257 e. The number of carbonyl (C=O) groups is 1. The van der Waals surface area contributed by atoms with E-state index in [0.29, 0.717) is 23.2 Å². The number of halogens is 2. The van der Waals surface area contributed by atoms with Crippen LogP contribution in [0.3, 0.4) is 0 Å². The summed E-state index contributed by atoms with van der Waals surface area (Å²) in [5.74, 6) is -0.744. The second-order valence-corrected chi connectivity index (χ2v) is 7.07. The molecule has 1 aromatic heterocycles. The molecule has 1 saturated heterocycles. The number of nitrogens with zero attached hydrogens (tertiary/aromatic N) is 3. The van der Waals surface area contributed by atoms with E-state index in [-0.39, 0.29) is 11.6 Å². The monoisotopic (exact) mass is 345 g/mol. The molecule has 1 amide bonds. The summed E-state index contributed by atoms with van der Waals surface area (Å²) >= 11 is 0. The first-order valence-electron chi connectivity index (χ1n) is 8.87. The minimum absolute atomic E-state index is 0.0329. The molecule has 2 atom stereocenters. The third kappa shape index (κ3) is 2.73. The maximum Gasteiger partial charge on any atom is 0.257 e. The van der Waals surface area contributed by atoms with Crippen molar-refractivity contribution in [2.75, 3.05) is 6.54 Å². The van der Waals surface area contributed by atoms with Crippen LogP contribution in [0.15, 0.2) is 24.4 Å². The summed E-state index contributed by atoms with van der Waals surface area (Å²) in [6, 6.07) is 3.68. The number of benzene rings is 1. The molecule has 4 nitrogen and oxygen atoms in total. The number of hydrogen-bond donors (Lipinski definition) is 0. The van der Waals surface area contributed by atoms with Gasteiger partial charge in [0.2, 0.25) is 0 Å². The zero-order valence-corrected chi connectivity index (χ0v) is 14.2. The SMILES string of the molecule is Cc1c(C(=O)N2CC3CCCCCC32)cnn1-c1ccc(F)cc1F. The van der Waals surface area contributed by atoms with Crippen LogP contribution in [-0.4, -0.2) is 33.2 Å². The Hall–Kier alpha value is -2.24. The Morgan fingerprint density at radius 2 is 2.00 bits per heavy atom. The van der Waals surface area contributed by atoms with E-state index < -0.39 is 11.6 Å². The van der Waals surface area contributed by atoms with Crippen LogP contribution in [-0.2, 0) is 0 Å². The predicted octanol–water partition coefficient (Wildman–Crippen LogP) is 3.86. The lowest BCUT2D eigenvalue weighted by atomic mass is 9.84. The topological polar surface area (TPSA) is 38.1 Å². The van der Waals surface area contributed by atoms with Crippen molar-refractivity contribution in [1.82, 2.24) is 14.7 Å². The summed E-state index contributed by atoms with van der Waals surface area (Å²) in [6.45, 7) is 2.55. The number of aromatic nitrogens is 2. The van der Waals surface area contributed by atoms with E-state index in [4.69, 9.17) is 0 Å². The van der Waals surface area contributed by atoms with Gasteiger partial charge in [-0.25, -0.2) is 13.5 Å². The molecule has 0 N–H and O–H groups in total. The summed E-state index contributed by atoms with van der Waals surface area (Å²) in [5, 5.41) is 4.17. The van der Waals surface area contributed by atoms with E-state index in [0.717, 1.165) is 19.0 Å². The second-order valence-electron chi connectivity index (χ2n) is 7.07. The molecule has 2 aliphatic rings. The van der Waals surface area contributed by atoms with Gasteiger partial charge in [0.05, 0.1) is 17.5 Å². The molecule has 132 valence electrons. The lowest BCUT2D eigenvalue weighted by Crippen LogP contribution is -2.58. The molecule has 6 heteroatoms. The first-order valence-corrected chi connectivity index (χ1v) is 8.87. The van der Waals surface area contributed by atoms with Gasteiger partial charge in [-0.05, 0) is 37.8 Å². The van der Waals surface area contributed by atoms with Crippen molar-refractivity contribution in [1.29, 1.82) is 0 Å². The number of hydrogen-bond acceptors (Lipinski definition) is 2. The van der Waals surface area contributed by atoms with Crippen LogP contribution < -0.4 is 0 Å². The Morgan fingerprint density at radius 3 is 2.80 bits per heavy atom. The average Bonchev–Trinajstić information content (AvgIpc) is 2.83. The highest BCUT2D eigenvalue weighted by Crippen LogP contribution is 2.37. The van der Waals surface area contributed by atoms with Crippen molar-refractivity contribution in [3.05, 3.63) is 47.3 Å². The van der Waals surface area contributed by atoms with E-state index >= 15 is 0 Å². The summed E-state index contributed by atoms with van der Waals surface area (Å²) in [5.41, 5.74) is 1.22. The first-order chi connectivity index (χ1) is 12.1. The van der Waals surface area contributed by atoms with Gasteiger partial charge in [-0.1, -0.05) is 19.3 Å². The van der Waals surface area contributed by atoms with E-state index in [1.165, 1.54) is 48.7 Å². The van der Waals surface area contributed by atoms with Crippen molar-refractivity contribution in [2.24, 2.45) is 5.92 Å². The number of rotatable bonds is 2. The van der Waals surface area contributed by atoms with E-state index in [9.17, 15) is 13.6 Å². The Morgan fingerprint density at radius 1 is 1.20 bits per heavy atom. The van der Waals surface area contributed by atoms with E-state index in [1.807, 2.05) is 4.90 Å². The Bertz CT molecular complexity index is 817. The van der Waals surface area contributed by atoms with Gasteiger partial charge in [0.1, 0.15) is 11.5 Å². The number of amides is 1. The normalized spacial score (nSPS) is 22.9. The third-order valence-electron chi connectivity index (χ3n) is 5.59. The van der Waals surface area contributed by atoms with Crippen molar-refractivity contribution < 1.29 is 13.6 Å². The maximum absolute atomic E-state index is 14.0. The lowest BCUT2D eigenvalue weighted by Gasteiger charge is -2.47. The molecule has 2 aromatic rings. The molecule has 2 fully saturated rings. The van der Waals surface area contributed by atoms with Gasteiger partial charge in [0, 0.05) is 18.7 Å². The largest absolute Gasteiger partial charge is 0.335 e. The molecule has 0 bridgehead atoms. The maximum atomic E-state index is 14.0. The van der Waals surface area contributed by atoms with Gasteiger partial charge in [-0.2, -0.15) is 5.10 Å². The summed E-state index contributed by atoms with van der Waals surface area (Å²) in [6.07, 6.45) is 7.43. The highest BCUT2D eigenvalue weighted by atomic mass is 19.1. The summed E-state index contributed by atoms with van der Waals surface area (Å²) in [4.78, 5) is 14.9. The Balaban J connectivity index is 1.60. The molecule has 1 aliphatic heterocycles. The quantitative estimate of drug-likeness (QED) is 0.829. The van der Waals surface area contributed by atoms with Gasteiger partial charge >= 0.3 is 0 Å². The van der Waals surface area contributed by atoms with Gasteiger partial charge in [-0.15, -0.1) is 0 Å². The van der Waals surface area contributed by atoms with Gasteiger partial charge in [0.25, 0.3) is 5.91 Å². The third-order valence-corrected chi connectivity index (χ3v) is 5.59. The molecule has 2 unspecified atom stereocenters. The minimum Gasteiger partial charge on any atom is -0.335 e. The van der Waals surface area contributed by atoms with Gasteiger partial charge in [-0.3, -0.25) is 4.79 Å². The fourth-order valence-corrected chi connectivity index (χ4v) is 4.14. The first kappa shape index (κ1) is 16.2. The Labute approximate surface area is 145 Å². The Kier molecular flexibility index (Phi) is 4.06. The number of likely N-dealkylation sites (tertiary alicyclic amines) is 1. The molecule has 25 heavy (non-hydrogen) atoms. The van der Waals surface area contributed by atoms with Crippen LogP contribution in [0.4, 0.5) is 8.78 Å². The summed E-state index contributed by atoms with van der Waals surface area (Å²) < 4.78 is 28.5. The fraction of sp³-hybridized carbons (Fsp3) is 0.474. The zero-order valence-electron chi connectivity index (χ0n) is 14.2. The van der Waals surface area contributed by atoms with Crippen molar-refractivity contribution in [2.45, 2.75) is 45.1 Å². The summed E-state index contributed by atoms with van der Waals surface area (Å²) in [7, 11) is 0. The number of carbonyl (C=O) groups excluding carboxylic acids is 1. The van der Waals surface area contributed by atoms with E-state index in [1.54, 1.807) is 6.92 Å². The van der Waals surface area contributed by atoms with Crippen molar-refractivity contribution in [3.63, 3.8) is 0 Å². The van der Waals surface area contributed by atoms with Gasteiger partial charge < -0.3 is 4.90 Å². The average molecular weight is 345 g/mol. The highest BCUT2D eigenvalue weighted by molar-refractivity contribution is 5.96. The van der Waals surface area contributed by atoms with Crippen molar-refractivity contribution >= 4 is 5.91 Å². The molecule has 2 heterocycles. The van der Waals surface area contributed by atoms with Crippen LogP contribution in [0.1, 0.15) is 48.2 Å². The highest BCUT2D eigenvalue weighted by Gasteiger charge is 2.42. The molecular weight excluding hydrogens is 324 g/mol. The van der Waals surface area contributed by atoms with Gasteiger partial charge in [0.15, 0.2) is 5.82 Å². The van der Waals surface area contributed by atoms with Crippen LogP contribution >= 0.6 is 0 Å². The predicted molar refractivity (Wildman–Crippen MR) is 89.6 cm³/mol. The minimum atomic E-state index is -0.696. The zero-order chi connectivity index (χ0) is 17.6. The molecule has 1 aromatic carbocycles. The molecule has 0 radical (unpaired) electrons. The standard InChI is InChI=1S/C19H21F2N3O/c1-12-15(10-22-24(12)18-8-7-14(20)9-16(18)21)19(25)23-11-13-5-3-2-4-6-17(13)23/h7-10,13,17H,2-6,11H2,1H3. The van der Waals surface area contributed by atoms with E-state index in [2.05, 4.69) is 5.10 Å². The number of fused-ring (bicyclic) bond motifs is 1. The fourth-order valence-electron chi connectivity index (χ4n) is 4.14. The van der Waals surface area contributed by atoms with Crippen LogP contribution in [0.2, 0.25) is 0 Å². The van der Waals surface area contributed by atoms with Crippen LogP contribution in [0.25, 0.3) is 5.69 Å². The lowest BCUT2D eigenvalue weighted by molar-refractivity contribution is 0.0122. The van der Waals surface area contributed by atoms with Crippen LogP contribution in [0, 0.1) is 24.5 Å². The molecule has 4 rings (SSSR count). The van der Waals surface area contributed by atoms with Crippen molar-refractivity contribution in [3.8, 4) is 5.69 Å². The molecular formula is C19H21F2N3O. The van der Waals surface area contributed by atoms with Crippen LogP contribution in [0.5, 0.6) is 0 Å². The molecule has 1 saturated carbocycles. The molecule has 1 aliphatic carbocycles.